The van der Waals surface area contributed by atoms with Gasteiger partial charge in [0.05, 0.1) is 28.0 Å². The maximum Gasteiger partial charge on any atom is 0.170 e. The molecule has 4 rings (SSSR count). The van der Waals surface area contributed by atoms with Crippen molar-refractivity contribution in [2.24, 2.45) is 0 Å². The zero-order valence-corrected chi connectivity index (χ0v) is 14.2. The molecule has 0 amide bonds. The van der Waals surface area contributed by atoms with E-state index in [0.29, 0.717) is 22.0 Å². The summed E-state index contributed by atoms with van der Waals surface area (Å²) in [4.78, 5) is 0. The van der Waals surface area contributed by atoms with E-state index in [1.165, 1.54) is 12.1 Å². The molecule has 0 aliphatic carbocycles. The zero-order valence-electron chi connectivity index (χ0n) is 12.7. The number of rotatable bonds is 3. The second-order valence-electron chi connectivity index (χ2n) is 5.33. The van der Waals surface area contributed by atoms with Gasteiger partial charge in [-0.15, -0.1) is 0 Å². The van der Waals surface area contributed by atoms with E-state index >= 15 is 0 Å². The number of benzene rings is 2. The molecule has 25 heavy (non-hydrogen) atoms. The van der Waals surface area contributed by atoms with Gasteiger partial charge in [0.15, 0.2) is 5.76 Å². The van der Waals surface area contributed by atoms with Gasteiger partial charge in [-0.05, 0) is 30.3 Å². The van der Waals surface area contributed by atoms with Gasteiger partial charge in [0, 0.05) is 17.3 Å². The zero-order chi connectivity index (χ0) is 17.4. The van der Waals surface area contributed by atoms with Crippen molar-refractivity contribution in [3.05, 3.63) is 76.8 Å². The van der Waals surface area contributed by atoms with E-state index in [1.54, 1.807) is 41.3 Å². The third-order valence-electron chi connectivity index (χ3n) is 3.67. The number of halogens is 3. The van der Waals surface area contributed by atoms with Crippen LogP contribution in [0.4, 0.5) is 4.39 Å². The van der Waals surface area contributed by atoms with Crippen LogP contribution in [0.2, 0.25) is 10.0 Å². The van der Waals surface area contributed by atoms with E-state index in [0.717, 1.165) is 5.69 Å². The van der Waals surface area contributed by atoms with E-state index in [4.69, 9.17) is 27.7 Å². The third kappa shape index (κ3) is 3.04. The molecule has 2 aromatic heterocycles. The van der Waals surface area contributed by atoms with Crippen molar-refractivity contribution in [1.29, 1.82) is 0 Å². The molecule has 0 radical (unpaired) electrons. The van der Waals surface area contributed by atoms with Crippen molar-refractivity contribution in [2.75, 3.05) is 0 Å². The number of hydrogen-bond donors (Lipinski definition) is 0. The Bertz CT molecular complexity index is 1040. The molecule has 0 spiro atoms. The van der Waals surface area contributed by atoms with E-state index in [-0.39, 0.29) is 10.6 Å². The minimum atomic E-state index is -0.457. The lowest BCUT2D eigenvalue weighted by Gasteiger charge is -2.00. The Morgan fingerprint density at radius 1 is 1.04 bits per heavy atom. The summed E-state index contributed by atoms with van der Waals surface area (Å²) in [5.41, 5.74) is 2.05. The summed E-state index contributed by atoms with van der Waals surface area (Å²) in [5, 5.41) is 9.10. The van der Waals surface area contributed by atoms with Gasteiger partial charge < -0.3 is 4.52 Å². The maximum atomic E-state index is 14.0. The topological polar surface area (TPSA) is 43.9 Å². The minimum Gasteiger partial charge on any atom is -0.356 e. The molecule has 0 saturated carbocycles. The average molecular weight is 374 g/mol. The lowest BCUT2D eigenvalue weighted by Crippen LogP contribution is -1.92. The van der Waals surface area contributed by atoms with E-state index < -0.39 is 5.82 Å². The summed E-state index contributed by atoms with van der Waals surface area (Å²) in [7, 11) is 0. The Hall–Kier alpha value is -2.63. The van der Waals surface area contributed by atoms with Crippen LogP contribution >= 0.6 is 23.2 Å². The molecule has 0 aliphatic rings. The summed E-state index contributed by atoms with van der Waals surface area (Å²) in [6.07, 6.45) is 3.41. The molecule has 2 heterocycles. The predicted octanol–water partition coefficient (Wildman–Crippen LogP) is 5.64. The van der Waals surface area contributed by atoms with Gasteiger partial charge in [0.25, 0.3) is 0 Å². The molecular weight excluding hydrogens is 364 g/mol. The lowest BCUT2D eigenvalue weighted by molar-refractivity contribution is 0.434. The van der Waals surface area contributed by atoms with E-state index in [1.807, 2.05) is 12.1 Å². The van der Waals surface area contributed by atoms with Crippen molar-refractivity contribution >= 4 is 23.2 Å². The van der Waals surface area contributed by atoms with Crippen LogP contribution in [0.15, 0.2) is 65.4 Å². The van der Waals surface area contributed by atoms with Gasteiger partial charge in [0.1, 0.15) is 11.5 Å². The highest BCUT2D eigenvalue weighted by Crippen LogP contribution is 2.32. The van der Waals surface area contributed by atoms with Crippen molar-refractivity contribution < 1.29 is 8.91 Å². The van der Waals surface area contributed by atoms with Crippen molar-refractivity contribution in [3.63, 3.8) is 0 Å². The Kier molecular flexibility index (Phi) is 4.03. The SMILES string of the molecule is Fc1cccc(Cl)c1-c1cc(-c2cnn(-c3cccc(Cl)c3)c2)on1. The van der Waals surface area contributed by atoms with Gasteiger partial charge in [-0.2, -0.15) is 5.10 Å². The van der Waals surface area contributed by atoms with Gasteiger partial charge >= 0.3 is 0 Å². The molecule has 7 heteroatoms. The first-order chi connectivity index (χ1) is 12.1. The van der Waals surface area contributed by atoms with E-state index in [2.05, 4.69) is 10.3 Å². The monoisotopic (exact) mass is 373 g/mol. The van der Waals surface area contributed by atoms with Crippen LogP contribution in [0, 0.1) is 5.82 Å². The number of hydrogen-bond acceptors (Lipinski definition) is 3. The minimum absolute atomic E-state index is 0.210. The van der Waals surface area contributed by atoms with Gasteiger partial charge in [-0.3, -0.25) is 0 Å². The first-order valence-electron chi connectivity index (χ1n) is 7.34. The average Bonchev–Trinajstić information content (AvgIpc) is 3.24. The highest BCUT2D eigenvalue weighted by atomic mass is 35.5. The second-order valence-corrected chi connectivity index (χ2v) is 6.17. The predicted molar refractivity (Wildman–Crippen MR) is 94.5 cm³/mol. The van der Waals surface area contributed by atoms with Crippen LogP contribution < -0.4 is 0 Å². The molecule has 0 unspecified atom stereocenters. The van der Waals surface area contributed by atoms with Gasteiger partial charge in [0.2, 0.25) is 0 Å². The molecular formula is C18H10Cl2FN3O. The molecule has 0 fully saturated rings. The normalized spacial score (nSPS) is 11.0. The summed E-state index contributed by atoms with van der Waals surface area (Å²) in [6, 6.07) is 13.4. The molecule has 0 N–H and O–H groups in total. The Morgan fingerprint density at radius 3 is 2.68 bits per heavy atom. The second kappa shape index (κ2) is 6.35. The van der Waals surface area contributed by atoms with Crippen LogP contribution in [0.1, 0.15) is 0 Å². The molecule has 2 aromatic carbocycles. The molecule has 4 aromatic rings. The van der Waals surface area contributed by atoms with Gasteiger partial charge in [-0.25, -0.2) is 9.07 Å². The van der Waals surface area contributed by atoms with Crippen molar-refractivity contribution in [3.8, 4) is 28.3 Å². The maximum absolute atomic E-state index is 14.0. The molecule has 0 aliphatic heterocycles. The largest absolute Gasteiger partial charge is 0.356 e. The number of nitrogens with zero attached hydrogens (tertiary/aromatic N) is 3. The summed E-state index contributed by atoms with van der Waals surface area (Å²) >= 11 is 12.1. The van der Waals surface area contributed by atoms with Crippen LogP contribution in [0.5, 0.6) is 0 Å². The third-order valence-corrected chi connectivity index (χ3v) is 4.22. The first-order valence-corrected chi connectivity index (χ1v) is 8.09. The molecule has 124 valence electrons. The quantitative estimate of drug-likeness (QED) is 0.466. The highest BCUT2D eigenvalue weighted by molar-refractivity contribution is 6.33. The summed E-state index contributed by atoms with van der Waals surface area (Å²) in [6.45, 7) is 0. The standard InChI is InChI=1S/C18H10Cl2FN3O/c19-12-3-1-4-13(7-12)24-10-11(9-22-24)17-8-16(23-25-17)18-14(20)5-2-6-15(18)21/h1-10H. The smallest absolute Gasteiger partial charge is 0.170 e. The summed E-state index contributed by atoms with van der Waals surface area (Å²) in [5.74, 6) is 0.00423. The Labute approximate surface area is 152 Å². The molecule has 4 nitrogen and oxygen atoms in total. The fraction of sp³-hybridized carbons (Fsp3) is 0. The molecule has 0 saturated heterocycles. The Morgan fingerprint density at radius 2 is 1.88 bits per heavy atom. The highest BCUT2D eigenvalue weighted by Gasteiger charge is 2.16. The number of aromatic nitrogens is 3. The summed E-state index contributed by atoms with van der Waals surface area (Å²) < 4.78 is 21.0. The molecule has 0 bridgehead atoms. The van der Waals surface area contributed by atoms with Crippen molar-refractivity contribution in [2.45, 2.75) is 0 Å². The lowest BCUT2D eigenvalue weighted by atomic mass is 10.1. The van der Waals surface area contributed by atoms with Crippen LogP contribution in [0.3, 0.4) is 0 Å². The van der Waals surface area contributed by atoms with Crippen molar-refractivity contribution in [1.82, 2.24) is 14.9 Å². The van der Waals surface area contributed by atoms with Crippen LogP contribution in [-0.2, 0) is 0 Å². The fourth-order valence-corrected chi connectivity index (χ4v) is 2.93. The van der Waals surface area contributed by atoms with E-state index in [9.17, 15) is 4.39 Å². The first kappa shape index (κ1) is 15.9. The Balaban J connectivity index is 1.70. The molecule has 0 atom stereocenters. The van der Waals surface area contributed by atoms with Gasteiger partial charge in [-0.1, -0.05) is 40.5 Å². The van der Waals surface area contributed by atoms with Crippen LogP contribution in [-0.4, -0.2) is 14.9 Å². The fourth-order valence-electron chi connectivity index (χ4n) is 2.48. The van der Waals surface area contributed by atoms with Crippen LogP contribution in [0.25, 0.3) is 28.3 Å².